The summed E-state index contributed by atoms with van der Waals surface area (Å²) in [7, 11) is 1.63. The summed E-state index contributed by atoms with van der Waals surface area (Å²) in [6, 6.07) is 19.3. The van der Waals surface area contributed by atoms with Crippen molar-refractivity contribution in [2.24, 2.45) is 0 Å². The average Bonchev–Trinajstić information content (AvgIpc) is 3.43. The molecule has 0 spiro atoms. The van der Waals surface area contributed by atoms with Crippen molar-refractivity contribution in [1.82, 2.24) is 24.7 Å². The number of rotatable bonds is 7. The zero-order chi connectivity index (χ0) is 22.8. The number of benzene rings is 2. The molecular weight excluding hydrogens is 434 g/mol. The monoisotopic (exact) mass is 455 g/mol. The molecule has 33 heavy (non-hydrogen) atoms. The van der Waals surface area contributed by atoms with Crippen LogP contribution in [0.5, 0.6) is 5.75 Å². The predicted octanol–water partition coefficient (Wildman–Crippen LogP) is 5.10. The summed E-state index contributed by atoms with van der Waals surface area (Å²) in [5.74, 6) is 1.73. The number of H-pyrrole nitrogens is 1. The van der Waals surface area contributed by atoms with Gasteiger partial charge >= 0.3 is 0 Å². The average molecular weight is 456 g/mol. The van der Waals surface area contributed by atoms with Gasteiger partial charge in [-0.15, -0.1) is 10.2 Å². The molecule has 0 fully saturated rings. The van der Waals surface area contributed by atoms with Gasteiger partial charge in [-0.2, -0.15) is 0 Å². The van der Waals surface area contributed by atoms with Crippen LogP contribution in [-0.2, 0) is 0 Å². The van der Waals surface area contributed by atoms with Gasteiger partial charge in [0, 0.05) is 45.8 Å². The number of thioether (sulfide) groups is 1. The maximum absolute atomic E-state index is 13.2. The number of carbonyl (C=O) groups is 1. The molecule has 5 rings (SSSR count). The van der Waals surface area contributed by atoms with E-state index in [0.29, 0.717) is 11.0 Å². The molecule has 0 unspecified atom stereocenters. The first kappa shape index (κ1) is 21.0. The molecule has 0 aliphatic carbocycles. The van der Waals surface area contributed by atoms with Gasteiger partial charge in [0.2, 0.25) is 0 Å². The second-order valence-corrected chi connectivity index (χ2v) is 8.40. The van der Waals surface area contributed by atoms with E-state index in [9.17, 15) is 4.79 Å². The van der Waals surface area contributed by atoms with E-state index in [0.717, 1.165) is 39.2 Å². The lowest BCUT2D eigenvalue weighted by Gasteiger charge is -2.11. The van der Waals surface area contributed by atoms with Crippen LogP contribution >= 0.6 is 11.8 Å². The third-order valence-corrected chi connectivity index (χ3v) is 6.34. The van der Waals surface area contributed by atoms with Crippen LogP contribution in [0.4, 0.5) is 0 Å². The van der Waals surface area contributed by atoms with Crippen molar-refractivity contribution in [3.05, 3.63) is 84.3 Å². The van der Waals surface area contributed by atoms with Gasteiger partial charge in [-0.25, -0.2) is 0 Å². The number of para-hydroxylation sites is 1. The molecule has 0 aliphatic rings. The Morgan fingerprint density at radius 2 is 1.79 bits per heavy atom. The molecule has 0 radical (unpaired) electrons. The quantitative estimate of drug-likeness (QED) is 0.271. The highest BCUT2D eigenvalue weighted by Gasteiger charge is 2.20. The molecular formula is C25H21N5O2S. The Kier molecular flexibility index (Phi) is 5.66. The minimum Gasteiger partial charge on any atom is -0.497 e. The molecule has 164 valence electrons. The molecule has 3 heterocycles. The van der Waals surface area contributed by atoms with Crippen LogP contribution in [0.1, 0.15) is 16.1 Å². The molecule has 0 bridgehead atoms. The van der Waals surface area contributed by atoms with Crippen molar-refractivity contribution in [2.45, 2.75) is 12.1 Å². The molecule has 7 nitrogen and oxygen atoms in total. The SMILES string of the molecule is COc1ccc(-n2c(SCC(=O)c3c(C)[nH]c4ccccc34)nnc2-c2ccncc2)cc1. The second-order valence-electron chi connectivity index (χ2n) is 7.46. The van der Waals surface area contributed by atoms with Crippen molar-refractivity contribution >= 4 is 28.4 Å². The van der Waals surface area contributed by atoms with Crippen molar-refractivity contribution in [3.63, 3.8) is 0 Å². The number of nitrogens with zero attached hydrogens (tertiary/aromatic N) is 4. The van der Waals surface area contributed by atoms with Crippen molar-refractivity contribution in [3.8, 4) is 22.8 Å². The number of aromatic amines is 1. The van der Waals surface area contributed by atoms with E-state index in [-0.39, 0.29) is 11.5 Å². The third-order valence-electron chi connectivity index (χ3n) is 5.41. The molecule has 3 aromatic heterocycles. The van der Waals surface area contributed by atoms with Gasteiger partial charge in [-0.3, -0.25) is 14.3 Å². The summed E-state index contributed by atoms with van der Waals surface area (Å²) < 4.78 is 7.25. The van der Waals surface area contributed by atoms with Gasteiger partial charge in [-0.1, -0.05) is 30.0 Å². The first-order chi connectivity index (χ1) is 16.2. The van der Waals surface area contributed by atoms with Gasteiger partial charge in [0.05, 0.1) is 12.9 Å². The van der Waals surface area contributed by atoms with Gasteiger partial charge in [0.25, 0.3) is 0 Å². The Morgan fingerprint density at radius 3 is 2.55 bits per heavy atom. The summed E-state index contributed by atoms with van der Waals surface area (Å²) in [4.78, 5) is 20.6. The van der Waals surface area contributed by atoms with Crippen LogP contribution in [0, 0.1) is 6.92 Å². The molecule has 2 aromatic carbocycles. The number of ketones is 1. The molecule has 0 aliphatic heterocycles. The summed E-state index contributed by atoms with van der Waals surface area (Å²) in [5.41, 5.74) is 4.33. The maximum Gasteiger partial charge on any atom is 0.196 e. The van der Waals surface area contributed by atoms with Crippen molar-refractivity contribution in [2.75, 3.05) is 12.9 Å². The highest BCUT2D eigenvalue weighted by molar-refractivity contribution is 7.99. The Balaban J connectivity index is 1.49. The standard InChI is InChI=1S/C25H21N5O2S/c1-16-23(20-5-3-4-6-21(20)27-16)22(31)15-33-25-29-28-24(17-11-13-26-14-12-17)30(25)18-7-9-19(32-2)10-8-18/h3-14,27H,15H2,1-2H3. The number of aryl methyl sites for hydroxylation is 1. The first-order valence-corrected chi connectivity index (χ1v) is 11.4. The predicted molar refractivity (Wildman–Crippen MR) is 129 cm³/mol. The summed E-state index contributed by atoms with van der Waals surface area (Å²) in [6.07, 6.45) is 3.44. The lowest BCUT2D eigenvalue weighted by molar-refractivity contribution is 0.102. The maximum atomic E-state index is 13.2. The molecule has 5 aromatic rings. The van der Waals surface area contributed by atoms with E-state index in [1.165, 1.54) is 11.8 Å². The van der Waals surface area contributed by atoms with Crippen molar-refractivity contribution < 1.29 is 9.53 Å². The van der Waals surface area contributed by atoms with Crippen LogP contribution < -0.4 is 4.74 Å². The molecule has 8 heteroatoms. The molecule has 0 atom stereocenters. The number of fused-ring (bicyclic) bond motifs is 1. The Hall–Kier alpha value is -3.91. The minimum absolute atomic E-state index is 0.0460. The Morgan fingerprint density at radius 1 is 1.03 bits per heavy atom. The smallest absolute Gasteiger partial charge is 0.196 e. The lowest BCUT2D eigenvalue weighted by atomic mass is 10.1. The van der Waals surface area contributed by atoms with E-state index >= 15 is 0 Å². The van der Waals surface area contributed by atoms with Gasteiger partial charge in [-0.05, 0) is 49.4 Å². The number of aromatic nitrogens is 5. The van der Waals surface area contributed by atoms with Crippen LogP contribution in [0.3, 0.4) is 0 Å². The van der Waals surface area contributed by atoms with E-state index in [1.54, 1.807) is 19.5 Å². The molecule has 0 saturated carbocycles. The highest BCUT2D eigenvalue weighted by Crippen LogP contribution is 2.30. The van der Waals surface area contributed by atoms with Crippen LogP contribution in [0.25, 0.3) is 28.0 Å². The van der Waals surface area contributed by atoms with Gasteiger partial charge in [0.15, 0.2) is 16.8 Å². The number of hydrogen-bond acceptors (Lipinski definition) is 6. The Labute approximate surface area is 194 Å². The number of ether oxygens (including phenoxy) is 1. The minimum atomic E-state index is 0.0460. The number of carbonyl (C=O) groups excluding carboxylic acids is 1. The Bertz CT molecular complexity index is 1420. The third kappa shape index (κ3) is 4.01. The topological polar surface area (TPSA) is 85.7 Å². The van der Waals surface area contributed by atoms with Crippen LogP contribution in [0.2, 0.25) is 0 Å². The molecule has 1 N–H and O–H groups in total. The number of methoxy groups -OCH3 is 1. The summed E-state index contributed by atoms with van der Waals surface area (Å²) in [5, 5.41) is 10.4. The second kappa shape index (κ2) is 8.91. The van der Waals surface area contributed by atoms with E-state index in [4.69, 9.17) is 4.74 Å². The summed E-state index contributed by atoms with van der Waals surface area (Å²) in [6.45, 7) is 1.93. The van der Waals surface area contributed by atoms with Crippen LogP contribution in [-0.4, -0.2) is 43.4 Å². The normalized spacial score (nSPS) is 11.1. The summed E-state index contributed by atoms with van der Waals surface area (Å²) >= 11 is 1.37. The number of hydrogen-bond donors (Lipinski definition) is 1. The lowest BCUT2D eigenvalue weighted by Crippen LogP contribution is -2.06. The zero-order valence-corrected chi connectivity index (χ0v) is 19.0. The van der Waals surface area contributed by atoms with E-state index < -0.39 is 0 Å². The van der Waals surface area contributed by atoms with Gasteiger partial charge in [0.1, 0.15) is 5.75 Å². The fraction of sp³-hybridized carbons (Fsp3) is 0.120. The number of Topliss-reactive ketones (excluding diaryl/α,β-unsaturated/α-hetero) is 1. The van der Waals surface area contributed by atoms with E-state index in [1.807, 2.05) is 72.2 Å². The largest absolute Gasteiger partial charge is 0.497 e. The van der Waals surface area contributed by atoms with Gasteiger partial charge < -0.3 is 9.72 Å². The molecule has 0 amide bonds. The highest BCUT2D eigenvalue weighted by atomic mass is 32.2. The fourth-order valence-corrected chi connectivity index (χ4v) is 4.68. The van der Waals surface area contributed by atoms with Crippen LogP contribution in [0.15, 0.2) is 78.2 Å². The van der Waals surface area contributed by atoms with E-state index in [2.05, 4.69) is 20.2 Å². The number of nitrogens with one attached hydrogen (secondary N) is 1. The van der Waals surface area contributed by atoms with Crippen molar-refractivity contribution in [1.29, 1.82) is 0 Å². The fourth-order valence-electron chi connectivity index (χ4n) is 3.85. The zero-order valence-electron chi connectivity index (χ0n) is 18.1. The first-order valence-electron chi connectivity index (χ1n) is 10.4. The molecule has 0 saturated heterocycles. The number of pyridine rings is 1.